The maximum Gasteiger partial charge on any atom is 0.407 e. The van der Waals surface area contributed by atoms with Gasteiger partial charge >= 0.3 is 6.09 Å². The fourth-order valence-corrected chi connectivity index (χ4v) is 6.38. The molecular formula is C27H47N3O6. The Morgan fingerprint density at radius 1 is 0.944 bits per heavy atom. The van der Waals surface area contributed by atoms with Crippen LogP contribution in [0.2, 0.25) is 0 Å². The first-order valence-corrected chi connectivity index (χ1v) is 13.8. The Hall–Kier alpha value is -1.87. The number of rotatable bonds is 7. The molecule has 3 fully saturated rings. The van der Waals surface area contributed by atoms with Gasteiger partial charge in [0.2, 0.25) is 11.8 Å². The lowest BCUT2D eigenvalue weighted by molar-refractivity contribution is -0.142. The summed E-state index contributed by atoms with van der Waals surface area (Å²) in [4.78, 5) is 43.6. The lowest BCUT2D eigenvalue weighted by atomic mass is 9.72. The molecule has 1 saturated heterocycles. The molecule has 3 amide bonds. The molecule has 0 aromatic carbocycles. The molecule has 0 radical (unpaired) electrons. The van der Waals surface area contributed by atoms with Crippen molar-refractivity contribution in [1.82, 2.24) is 15.7 Å². The third-order valence-electron chi connectivity index (χ3n) is 8.24. The van der Waals surface area contributed by atoms with Crippen LogP contribution in [-0.2, 0) is 19.2 Å². The monoisotopic (exact) mass is 509 g/mol. The van der Waals surface area contributed by atoms with Crippen molar-refractivity contribution in [3.05, 3.63) is 0 Å². The summed E-state index contributed by atoms with van der Waals surface area (Å²) in [6, 6.07) is 0. The van der Waals surface area contributed by atoms with Gasteiger partial charge in [0.25, 0.3) is 0 Å². The summed E-state index contributed by atoms with van der Waals surface area (Å²) in [5.41, 5.74) is 1.83. The van der Waals surface area contributed by atoms with Gasteiger partial charge < -0.3 is 20.1 Å². The van der Waals surface area contributed by atoms with Gasteiger partial charge in [-0.1, -0.05) is 12.8 Å². The van der Waals surface area contributed by atoms with Crippen LogP contribution in [0.15, 0.2) is 0 Å². The van der Waals surface area contributed by atoms with E-state index >= 15 is 0 Å². The van der Waals surface area contributed by atoms with Crippen LogP contribution in [-0.4, -0.2) is 66.4 Å². The zero-order chi connectivity index (χ0) is 26.3. The lowest BCUT2D eigenvalue weighted by Crippen LogP contribution is -2.44. The first-order valence-electron chi connectivity index (χ1n) is 13.8. The van der Waals surface area contributed by atoms with E-state index in [1.54, 1.807) is 0 Å². The van der Waals surface area contributed by atoms with Gasteiger partial charge in [-0.05, 0) is 89.4 Å². The van der Waals surface area contributed by atoms with Crippen LogP contribution in [0.5, 0.6) is 0 Å². The van der Waals surface area contributed by atoms with Crippen LogP contribution < -0.4 is 10.8 Å². The number of alkyl carbamates (subject to hydrolysis) is 1. The molecule has 3 N–H and O–H groups in total. The zero-order valence-electron chi connectivity index (χ0n) is 22.6. The molecule has 0 aromatic rings. The Morgan fingerprint density at radius 2 is 1.67 bits per heavy atom. The van der Waals surface area contributed by atoms with Crippen LogP contribution in [0.4, 0.5) is 4.79 Å². The van der Waals surface area contributed by atoms with E-state index in [0.29, 0.717) is 43.6 Å². The Kier molecular flexibility index (Phi) is 10.4. The highest BCUT2D eigenvalue weighted by Crippen LogP contribution is 2.38. The minimum absolute atomic E-state index is 0.119. The number of hydroxylamine groups is 1. The van der Waals surface area contributed by atoms with Crippen molar-refractivity contribution in [3.63, 3.8) is 0 Å². The SMILES string of the molecule is CONC(=O)C1CCC(CC(=O)N2CCC(C3CCCC(CNC(=O)OC(C)(C)C)C3)CC2)CC1O. The second kappa shape index (κ2) is 13.1. The molecule has 9 heteroatoms. The summed E-state index contributed by atoms with van der Waals surface area (Å²) in [6.07, 6.45) is 7.97. The number of aliphatic hydroxyl groups excluding tert-OH is 1. The minimum Gasteiger partial charge on any atom is -0.444 e. The van der Waals surface area contributed by atoms with Crippen molar-refractivity contribution in [2.45, 2.75) is 96.7 Å². The number of amides is 3. The van der Waals surface area contributed by atoms with E-state index in [-0.39, 0.29) is 23.8 Å². The Morgan fingerprint density at radius 3 is 2.31 bits per heavy atom. The molecule has 1 heterocycles. The topological polar surface area (TPSA) is 117 Å². The Labute approximate surface area is 216 Å². The summed E-state index contributed by atoms with van der Waals surface area (Å²) in [7, 11) is 1.38. The number of aliphatic hydroxyl groups is 1. The molecule has 3 aliphatic rings. The van der Waals surface area contributed by atoms with Gasteiger partial charge in [0.15, 0.2) is 0 Å². The number of carbonyl (C=O) groups is 3. The predicted octanol–water partition coefficient (Wildman–Crippen LogP) is 3.40. The molecule has 3 rings (SSSR count). The zero-order valence-corrected chi connectivity index (χ0v) is 22.6. The number of hydrogen-bond acceptors (Lipinski definition) is 6. The average Bonchev–Trinajstić information content (AvgIpc) is 2.82. The van der Waals surface area contributed by atoms with Gasteiger partial charge in [0, 0.05) is 26.1 Å². The molecule has 5 atom stereocenters. The fourth-order valence-electron chi connectivity index (χ4n) is 6.38. The van der Waals surface area contributed by atoms with E-state index in [1.165, 1.54) is 20.0 Å². The van der Waals surface area contributed by atoms with Crippen LogP contribution in [0.3, 0.4) is 0 Å². The fraction of sp³-hybridized carbons (Fsp3) is 0.889. The van der Waals surface area contributed by atoms with E-state index in [4.69, 9.17) is 4.74 Å². The summed E-state index contributed by atoms with van der Waals surface area (Å²) in [6.45, 7) is 7.89. The maximum atomic E-state index is 13.0. The van der Waals surface area contributed by atoms with Crippen LogP contribution in [0, 0.1) is 29.6 Å². The third-order valence-corrected chi connectivity index (χ3v) is 8.24. The number of nitrogens with one attached hydrogen (secondary N) is 2. The van der Waals surface area contributed by atoms with Gasteiger partial charge in [0.05, 0.1) is 19.1 Å². The van der Waals surface area contributed by atoms with Gasteiger partial charge in [0.1, 0.15) is 5.60 Å². The normalized spacial score (nSPS) is 29.9. The molecule has 2 saturated carbocycles. The number of hydrogen-bond donors (Lipinski definition) is 3. The molecule has 9 nitrogen and oxygen atoms in total. The highest BCUT2D eigenvalue weighted by atomic mass is 16.6. The summed E-state index contributed by atoms with van der Waals surface area (Å²) >= 11 is 0. The number of piperidine rings is 1. The van der Waals surface area contributed by atoms with Crippen molar-refractivity contribution < 1.29 is 29.1 Å². The Balaban J connectivity index is 1.37. The van der Waals surface area contributed by atoms with Gasteiger partial charge in [-0.15, -0.1) is 0 Å². The van der Waals surface area contributed by atoms with Crippen molar-refractivity contribution in [1.29, 1.82) is 0 Å². The first kappa shape index (κ1) is 28.7. The molecule has 1 aliphatic heterocycles. The number of likely N-dealkylation sites (tertiary alicyclic amines) is 1. The number of carbonyl (C=O) groups excluding carboxylic acids is 3. The maximum absolute atomic E-state index is 13.0. The molecule has 0 spiro atoms. The molecule has 206 valence electrons. The lowest BCUT2D eigenvalue weighted by Gasteiger charge is -2.40. The highest BCUT2D eigenvalue weighted by Gasteiger charge is 2.36. The standard InChI is InChI=1S/C27H47N3O6/c1-27(2,3)36-26(34)28-17-19-6-5-7-21(14-19)20-10-12-30(13-11-20)24(32)16-18-8-9-22(23(31)15-18)25(33)29-35-4/h18-23,31H,5-17H2,1-4H3,(H,28,34)(H,29,33). The molecule has 0 aromatic heterocycles. The van der Waals surface area contributed by atoms with E-state index in [0.717, 1.165) is 45.2 Å². The second-order valence-electron chi connectivity index (χ2n) is 12.1. The molecule has 0 bridgehead atoms. The second-order valence-corrected chi connectivity index (χ2v) is 12.1. The molecule has 2 aliphatic carbocycles. The van der Waals surface area contributed by atoms with Crippen LogP contribution >= 0.6 is 0 Å². The van der Waals surface area contributed by atoms with E-state index < -0.39 is 17.6 Å². The quantitative estimate of drug-likeness (QED) is 0.453. The summed E-state index contributed by atoms with van der Waals surface area (Å²) in [5.74, 6) is 1.32. The van der Waals surface area contributed by atoms with Crippen molar-refractivity contribution >= 4 is 17.9 Å². The van der Waals surface area contributed by atoms with Gasteiger partial charge in [-0.25, -0.2) is 10.3 Å². The number of nitrogens with zero attached hydrogens (tertiary/aromatic N) is 1. The van der Waals surface area contributed by atoms with Crippen molar-refractivity contribution in [2.24, 2.45) is 29.6 Å². The van der Waals surface area contributed by atoms with Crippen LogP contribution in [0.25, 0.3) is 0 Å². The van der Waals surface area contributed by atoms with E-state index in [9.17, 15) is 19.5 Å². The molecule has 5 unspecified atom stereocenters. The van der Waals surface area contributed by atoms with Gasteiger partial charge in [-0.3, -0.25) is 14.4 Å². The largest absolute Gasteiger partial charge is 0.444 e. The predicted molar refractivity (Wildman–Crippen MR) is 136 cm³/mol. The average molecular weight is 510 g/mol. The van der Waals surface area contributed by atoms with Crippen molar-refractivity contribution in [3.8, 4) is 0 Å². The number of ether oxygens (including phenoxy) is 1. The third kappa shape index (κ3) is 8.61. The smallest absolute Gasteiger partial charge is 0.407 e. The van der Waals surface area contributed by atoms with Crippen molar-refractivity contribution in [2.75, 3.05) is 26.7 Å². The summed E-state index contributed by atoms with van der Waals surface area (Å²) in [5, 5.41) is 13.4. The van der Waals surface area contributed by atoms with Crippen LogP contribution in [0.1, 0.15) is 85.0 Å². The highest BCUT2D eigenvalue weighted by molar-refractivity contribution is 5.79. The van der Waals surface area contributed by atoms with E-state index in [1.807, 2.05) is 25.7 Å². The minimum atomic E-state index is -0.735. The van der Waals surface area contributed by atoms with E-state index in [2.05, 4.69) is 15.6 Å². The van der Waals surface area contributed by atoms with Gasteiger partial charge in [-0.2, -0.15) is 0 Å². The Bertz CT molecular complexity index is 746. The molecular weight excluding hydrogens is 462 g/mol. The molecule has 36 heavy (non-hydrogen) atoms. The summed E-state index contributed by atoms with van der Waals surface area (Å²) < 4.78 is 5.37. The first-order chi connectivity index (χ1) is 17.1.